The third kappa shape index (κ3) is 13.0. The molecule has 1 fully saturated rings. The van der Waals surface area contributed by atoms with Gasteiger partial charge in [-0.3, -0.25) is 15.0 Å². The lowest BCUT2D eigenvalue weighted by Crippen LogP contribution is -2.39. The van der Waals surface area contributed by atoms with Crippen molar-refractivity contribution in [3.8, 4) is 0 Å². The van der Waals surface area contributed by atoms with Crippen LogP contribution >= 0.6 is 15.9 Å². The van der Waals surface area contributed by atoms with Crippen molar-refractivity contribution in [2.75, 3.05) is 6.54 Å². The molecule has 0 radical (unpaired) electrons. The van der Waals surface area contributed by atoms with Crippen molar-refractivity contribution < 1.29 is 32.7 Å². The van der Waals surface area contributed by atoms with Gasteiger partial charge in [0.2, 0.25) is 11.8 Å². The number of benzene rings is 1. The third-order valence-electron chi connectivity index (χ3n) is 5.69. The zero-order valence-electron chi connectivity index (χ0n) is 20.6. The van der Waals surface area contributed by atoms with E-state index in [2.05, 4.69) is 40.4 Å². The number of halogens is 4. The highest BCUT2D eigenvalue weighted by Gasteiger charge is 2.38. The predicted molar refractivity (Wildman–Crippen MR) is 135 cm³/mol. The van der Waals surface area contributed by atoms with Crippen LogP contribution in [-0.2, 0) is 20.8 Å². The Labute approximate surface area is 218 Å². The van der Waals surface area contributed by atoms with Crippen LogP contribution in [0.25, 0.3) is 0 Å². The molecule has 1 atom stereocenters. The van der Waals surface area contributed by atoms with Crippen molar-refractivity contribution in [2.45, 2.75) is 71.4 Å². The number of amidine groups is 1. The number of aliphatic carboxylic acids is 1. The van der Waals surface area contributed by atoms with Crippen molar-refractivity contribution in [1.82, 2.24) is 10.6 Å². The molecule has 1 aromatic carbocycles. The van der Waals surface area contributed by atoms with Gasteiger partial charge in [-0.1, -0.05) is 80.1 Å². The Kier molecular flexibility index (Phi) is 13.7. The predicted octanol–water partition coefficient (Wildman–Crippen LogP) is 5.47. The van der Waals surface area contributed by atoms with Crippen molar-refractivity contribution >= 4 is 39.5 Å². The number of nitrogens with one attached hydrogen (secondary N) is 3. The zero-order chi connectivity index (χ0) is 27.3. The van der Waals surface area contributed by atoms with Crippen LogP contribution in [0.15, 0.2) is 28.7 Å². The number of carbonyl (C=O) groups excluding carboxylic acids is 2. The Balaban J connectivity index is 0.000000809. The fourth-order valence-corrected chi connectivity index (χ4v) is 4.31. The second-order valence-corrected chi connectivity index (χ2v) is 10.2. The average molecular weight is 578 g/mol. The molecule has 0 heterocycles. The smallest absolute Gasteiger partial charge is 0.475 e. The average Bonchev–Trinajstić information content (AvgIpc) is 2.79. The van der Waals surface area contributed by atoms with E-state index in [1.165, 1.54) is 19.3 Å². The lowest BCUT2D eigenvalue weighted by molar-refractivity contribution is -0.192. The van der Waals surface area contributed by atoms with E-state index in [4.69, 9.17) is 15.3 Å². The monoisotopic (exact) mass is 577 g/mol. The Bertz CT molecular complexity index is 888. The first-order chi connectivity index (χ1) is 16.8. The molecule has 7 nitrogen and oxygen atoms in total. The normalized spacial score (nSPS) is 14.9. The van der Waals surface area contributed by atoms with E-state index in [0.29, 0.717) is 18.4 Å². The van der Waals surface area contributed by atoms with Crippen LogP contribution in [0.3, 0.4) is 0 Å². The molecule has 2 amide bonds. The number of amides is 2. The number of carbonyl (C=O) groups is 3. The maximum absolute atomic E-state index is 12.8. The first-order valence-corrected chi connectivity index (χ1v) is 12.8. The fraction of sp³-hybridized carbons (Fsp3) is 0.600. The molecular weight excluding hydrogens is 543 g/mol. The summed E-state index contributed by atoms with van der Waals surface area (Å²) >= 11 is 3.45. The van der Waals surface area contributed by atoms with Crippen LogP contribution in [0.5, 0.6) is 0 Å². The SMILES string of the molecule is CC(C)CNC(=O)[C@H](CC(=N)NC(=O)Cc1ccccc1Br)CC1CCCCC1.O=C(O)C(F)(F)F. The largest absolute Gasteiger partial charge is 0.490 e. The third-order valence-corrected chi connectivity index (χ3v) is 6.46. The first-order valence-electron chi connectivity index (χ1n) is 12.0. The van der Waals surface area contributed by atoms with Crippen molar-refractivity contribution in [3.05, 3.63) is 34.3 Å². The van der Waals surface area contributed by atoms with E-state index in [9.17, 15) is 22.8 Å². The quantitative estimate of drug-likeness (QED) is 0.230. The molecule has 0 bridgehead atoms. The lowest BCUT2D eigenvalue weighted by atomic mass is 9.81. The van der Waals surface area contributed by atoms with Crippen molar-refractivity contribution in [1.29, 1.82) is 5.41 Å². The van der Waals surface area contributed by atoms with Gasteiger partial charge in [0.05, 0.1) is 6.42 Å². The van der Waals surface area contributed by atoms with Gasteiger partial charge in [-0.2, -0.15) is 13.2 Å². The van der Waals surface area contributed by atoms with Crippen LogP contribution in [0.4, 0.5) is 13.2 Å². The molecule has 2 rings (SSSR count). The van der Waals surface area contributed by atoms with E-state index < -0.39 is 12.1 Å². The Morgan fingerprint density at radius 2 is 1.72 bits per heavy atom. The summed E-state index contributed by atoms with van der Waals surface area (Å²) in [6.07, 6.45) is 2.26. The van der Waals surface area contributed by atoms with E-state index in [1.807, 2.05) is 24.3 Å². The summed E-state index contributed by atoms with van der Waals surface area (Å²) in [7, 11) is 0. The zero-order valence-corrected chi connectivity index (χ0v) is 22.2. The van der Waals surface area contributed by atoms with Crippen LogP contribution in [0, 0.1) is 23.2 Å². The minimum absolute atomic E-state index is 0.00840. The van der Waals surface area contributed by atoms with Gasteiger partial charge in [0.25, 0.3) is 0 Å². The van der Waals surface area contributed by atoms with Gasteiger partial charge in [-0.25, -0.2) is 4.79 Å². The molecule has 11 heteroatoms. The molecule has 1 aliphatic carbocycles. The van der Waals surface area contributed by atoms with E-state index in [-0.39, 0.29) is 36.4 Å². The standard InChI is InChI=1S/C23H34BrN3O2.C2HF3O2/c1-16(2)15-26-23(29)19(12-17-8-4-3-5-9-17)13-21(25)27-22(28)14-18-10-6-7-11-20(18)24;3-2(4,5)1(6)7/h6-7,10-11,16-17,19H,3-5,8-9,12-15H2,1-2H3,(H,26,29)(H2,25,27,28);(H,6,7)/t19-;/m0./s1. The van der Waals surface area contributed by atoms with Crippen molar-refractivity contribution in [2.24, 2.45) is 17.8 Å². The second kappa shape index (κ2) is 15.6. The van der Waals surface area contributed by atoms with Gasteiger partial charge >= 0.3 is 12.1 Å². The number of carboxylic acids is 1. The van der Waals surface area contributed by atoms with Gasteiger partial charge in [-0.15, -0.1) is 0 Å². The van der Waals surface area contributed by atoms with Crippen LogP contribution in [0.1, 0.15) is 64.4 Å². The first kappa shape index (κ1) is 31.6. The number of alkyl halides is 3. The summed E-state index contributed by atoms with van der Waals surface area (Å²) in [5.41, 5.74) is 0.881. The summed E-state index contributed by atoms with van der Waals surface area (Å²) in [6, 6.07) is 7.57. The molecule has 0 saturated heterocycles. The van der Waals surface area contributed by atoms with Crippen LogP contribution in [0.2, 0.25) is 0 Å². The molecule has 0 unspecified atom stereocenters. The molecule has 0 aliphatic heterocycles. The Morgan fingerprint density at radius 3 is 2.25 bits per heavy atom. The number of hydrogen-bond donors (Lipinski definition) is 4. The molecule has 202 valence electrons. The molecule has 1 aliphatic rings. The van der Waals surface area contributed by atoms with E-state index in [1.54, 1.807) is 0 Å². The summed E-state index contributed by atoms with van der Waals surface area (Å²) in [6.45, 7) is 4.78. The summed E-state index contributed by atoms with van der Waals surface area (Å²) < 4.78 is 32.6. The highest BCUT2D eigenvalue weighted by Crippen LogP contribution is 2.30. The molecule has 36 heavy (non-hydrogen) atoms. The number of hydrogen-bond acceptors (Lipinski definition) is 4. The van der Waals surface area contributed by atoms with Gasteiger partial charge < -0.3 is 15.7 Å². The maximum Gasteiger partial charge on any atom is 0.490 e. The maximum atomic E-state index is 12.8. The molecule has 1 aromatic rings. The highest BCUT2D eigenvalue weighted by atomic mass is 79.9. The highest BCUT2D eigenvalue weighted by molar-refractivity contribution is 9.10. The molecule has 0 aromatic heterocycles. The van der Waals surface area contributed by atoms with Crippen molar-refractivity contribution in [3.63, 3.8) is 0 Å². The van der Waals surface area contributed by atoms with Gasteiger partial charge in [-0.05, 0) is 29.9 Å². The molecule has 0 spiro atoms. The molecular formula is C25H35BrF3N3O4. The van der Waals surface area contributed by atoms with Gasteiger partial charge in [0, 0.05) is 23.4 Å². The summed E-state index contributed by atoms with van der Waals surface area (Å²) in [4.78, 5) is 34.0. The number of carboxylic acid groups (broad SMARTS) is 1. The summed E-state index contributed by atoms with van der Waals surface area (Å²) in [5, 5.41) is 21.1. The van der Waals surface area contributed by atoms with E-state index in [0.717, 1.165) is 29.3 Å². The fourth-order valence-electron chi connectivity index (χ4n) is 3.88. The van der Waals surface area contributed by atoms with Crippen LogP contribution in [-0.4, -0.2) is 41.4 Å². The minimum atomic E-state index is -5.08. The second-order valence-electron chi connectivity index (χ2n) is 9.38. The lowest BCUT2D eigenvalue weighted by Gasteiger charge is -2.26. The number of rotatable bonds is 9. The Morgan fingerprint density at radius 1 is 1.14 bits per heavy atom. The molecule has 1 saturated carbocycles. The summed E-state index contributed by atoms with van der Waals surface area (Å²) in [5.74, 6) is -2.17. The van der Waals surface area contributed by atoms with Gasteiger partial charge in [0.1, 0.15) is 5.84 Å². The molecule has 4 N–H and O–H groups in total. The van der Waals surface area contributed by atoms with Crippen LogP contribution < -0.4 is 10.6 Å². The Hall–Kier alpha value is -2.43. The minimum Gasteiger partial charge on any atom is -0.475 e. The van der Waals surface area contributed by atoms with Gasteiger partial charge in [0.15, 0.2) is 0 Å². The van der Waals surface area contributed by atoms with E-state index >= 15 is 0 Å². The topological polar surface area (TPSA) is 119 Å².